The van der Waals surface area contributed by atoms with Crippen LogP contribution in [0.2, 0.25) is 0 Å². The van der Waals surface area contributed by atoms with Crippen molar-refractivity contribution in [3.05, 3.63) is 47.8 Å². The van der Waals surface area contributed by atoms with Crippen LogP contribution < -0.4 is 4.74 Å². The summed E-state index contributed by atoms with van der Waals surface area (Å²) in [6.45, 7) is 2.20. The summed E-state index contributed by atoms with van der Waals surface area (Å²) in [5.74, 6) is 1.77. The number of fused-ring (bicyclic) bond motifs is 1. The second-order valence-corrected chi connectivity index (χ2v) is 7.02. The molecule has 2 heterocycles. The van der Waals surface area contributed by atoms with E-state index in [1.54, 1.807) is 19.2 Å². The fourth-order valence-corrected chi connectivity index (χ4v) is 3.19. The molecular formula is C17H14FNO2S. The van der Waals surface area contributed by atoms with E-state index in [9.17, 15) is 4.39 Å². The van der Waals surface area contributed by atoms with Gasteiger partial charge in [0.15, 0.2) is 11.4 Å². The number of benzene rings is 2. The SMILES string of the molecule is COc1ccc(C2(C)CS2)cc1-c1nc2c(F)cccc2o1. The summed E-state index contributed by atoms with van der Waals surface area (Å²) >= 11 is 1.90. The van der Waals surface area contributed by atoms with Crippen molar-refractivity contribution in [1.82, 2.24) is 4.98 Å². The minimum absolute atomic E-state index is 0.151. The topological polar surface area (TPSA) is 35.3 Å². The third-order valence-corrected chi connectivity index (χ3v) is 5.38. The fraction of sp³-hybridized carbons (Fsp3) is 0.235. The van der Waals surface area contributed by atoms with E-state index >= 15 is 0 Å². The molecule has 0 spiro atoms. The highest BCUT2D eigenvalue weighted by Gasteiger charge is 2.40. The Bertz CT molecular complexity index is 870. The summed E-state index contributed by atoms with van der Waals surface area (Å²) < 4.78 is 25.1. The standard InChI is InChI=1S/C17H14FNO2S/c1-17(9-22-17)10-6-7-13(20-2)11(8-10)16-19-15-12(18)4-3-5-14(15)21-16/h3-8H,9H2,1-2H3. The first-order valence-corrected chi connectivity index (χ1v) is 7.97. The van der Waals surface area contributed by atoms with Crippen molar-refractivity contribution in [2.45, 2.75) is 11.7 Å². The van der Waals surface area contributed by atoms with Crippen LogP contribution in [-0.4, -0.2) is 17.8 Å². The van der Waals surface area contributed by atoms with Crippen LogP contribution in [0.3, 0.4) is 0 Å². The molecule has 1 fully saturated rings. The van der Waals surface area contributed by atoms with Crippen molar-refractivity contribution in [3.8, 4) is 17.2 Å². The van der Waals surface area contributed by atoms with Crippen LogP contribution in [0.25, 0.3) is 22.6 Å². The van der Waals surface area contributed by atoms with Gasteiger partial charge in [-0.25, -0.2) is 9.37 Å². The van der Waals surface area contributed by atoms with Crippen molar-refractivity contribution >= 4 is 22.9 Å². The molecular weight excluding hydrogens is 301 g/mol. The molecule has 0 N–H and O–H groups in total. The molecule has 1 aromatic heterocycles. The van der Waals surface area contributed by atoms with Crippen molar-refractivity contribution in [2.24, 2.45) is 0 Å². The van der Waals surface area contributed by atoms with Crippen LogP contribution in [0.15, 0.2) is 40.8 Å². The Hall–Kier alpha value is -2.01. The number of aromatic nitrogens is 1. The van der Waals surface area contributed by atoms with E-state index in [0.29, 0.717) is 17.2 Å². The molecule has 1 aliphatic heterocycles. The van der Waals surface area contributed by atoms with E-state index in [1.807, 2.05) is 23.9 Å². The van der Waals surface area contributed by atoms with Gasteiger partial charge >= 0.3 is 0 Å². The second kappa shape index (κ2) is 4.74. The molecule has 0 radical (unpaired) electrons. The molecule has 1 aliphatic rings. The third-order valence-electron chi connectivity index (χ3n) is 3.99. The van der Waals surface area contributed by atoms with Crippen LogP contribution in [-0.2, 0) is 4.75 Å². The van der Waals surface area contributed by atoms with Crippen molar-refractivity contribution < 1.29 is 13.5 Å². The van der Waals surface area contributed by atoms with E-state index < -0.39 is 0 Å². The van der Waals surface area contributed by atoms with Crippen LogP contribution in [0.5, 0.6) is 5.75 Å². The lowest BCUT2D eigenvalue weighted by Crippen LogP contribution is -2.01. The fourth-order valence-electron chi connectivity index (χ4n) is 2.51. The lowest BCUT2D eigenvalue weighted by molar-refractivity contribution is 0.414. The van der Waals surface area contributed by atoms with Gasteiger partial charge in [-0.05, 0) is 36.8 Å². The normalized spacial score (nSPS) is 20.3. The molecule has 1 unspecified atom stereocenters. The predicted octanol–water partition coefficient (Wildman–Crippen LogP) is 4.60. The van der Waals surface area contributed by atoms with Crippen molar-refractivity contribution in [2.75, 3.05) is 12.9 Å². The molecule has 112 valence electrons. The zero-order valence-electron chi connectivity index (χ0n) is 12.2. The zero-order valence-corrected chi connectivity index (χ0v) is 13.0. The maximum Gasteiger partial charge on any atom is 0.231 e. The first-order chi connectivity index (χ1) is 10.6. The van der Waals surface area contributed by atoms with Gasteiger partial charge in [0.05, 0.1) is 12.7 Å². The molecule has 5 heteroatoms. The largest absolute Gasteiger partial charge is 0.496 e. The van der Waals surface area contributed by atoms with E-state index in [4.69, 9.17) is 9.15 Å². The van der Waals surface area contributed by atoms with Crippen LogP contribution in [0.4, 0.5) is 4.39 Å². The van der Waals surface area contributed by atoms with E-state index in [2.05, 4.69) is 18.0 Å². The van der Waals surface area contributed by atoms with Gasteiger partial charge in [-0.2, -0.15) is 0 Å². The third kappa shape index (κ3) is 2.08. The van der Waals surface area contributed by atoms with Crippen LogP contribution in [0.1, 0.15) is 12.5 Å². The first kappa shape index (κ1) is 13.6. The molecule has 1 saturated heterocycles. The highest BCUT2D eigenvalue weighted by molar-refractivity contribution is 8.07. The number of nitrogens with zero attached hydrogens (tertiary/aromatic N) is 1. The average molecular weight is 315 g/mol. The maximum absolute atomic E-state index is 13.8. The molecule has 1 atom stereocenters. The summed E-state index contributed by atoms with van der Waals surface area (Å²) in [5, 5.41) is 0. The Morgan fingerprint density at radius 1 is 1.32 bits per heavy atom. The number of para-hydroxylation sites is 1. The quantitative estimate of drug-likeness (QED) is 0.661. The minimum atomic E-state index is -0.382. The molecule has 2 aromatic carbocycles. The first-order valence-electron chi connectivity index (χ1n) is 6.99. The molecule has 0 saturated carbocycles. The Morgan fingerprint density at radius 3 is 2.82 bits per heavy atom. The number of hydrogen-bond acceptors (Lipinski definition) is 4. The monoisotopic (exact) mass is 315 g/mol. The number of rotatable bonds is 3. The molecule has 0 aliphatic carbocycles. The van der Waals surface area contributed by atoms with Gasteiger partial charge in [0.2, 0.25) is 5.89 Å². The second-order valence-electron chi connectivity index (χ2n) is 5.54. The van der Waals surface area contributed by atoms with Gasteiger partial charge in [0.1, 0.15) is 11.3 Å². The Balaban J connectivity index is 1.90. The summed E-state index contributed by atoms with van der Waals surface area (Å²) in [5.41, 5.74) is 2.65. The minimum Gasteiger partial charge on any atom is -0.496 e. The van der Waals surface area contributed by atoms with Crippen molar-refractivity contribution in [3.63, 3.8) is 0 Å². The van der Waals surface area contributed by atoms with E-state index in [1.165, 1.54) is 11.6 Å². The molecule has 0 bridgehead atoms. The van der Waals surface area contributed by atoms with Crippen molar-refractivity contribution in [1.29, 1.82) is 0 Å². The lowest BCUT2D eigenvalue weighted by Gasteiger charge is -2.11. The highest BCUT2D eigenvalue weighted by atomic mass is 32.2. The Labute approximate surface area is 131 Å². The molecule has 3 nitrogen and oxygen atoms in total. The Kier molecular flexibility index (Phi) is 2.94. The van der Waals surface area contributed by atoms with Gasteiger partial charge in [-0.15, -0.1) is 11.8 Å². The maximum atomic E-state index is 13.8. The van der Waals surface area contributed by atoms with Gasteiger partial charge in [-0.1, -0.05) is 12.1 Å². The van der Waals surface area contributed by atoms with Crippen LogP contribution >= 0.6 is 11.8 Å². The smallest absolute Gasteiger partial charge is 0.231 e. The molecule has 0 amide bonds. The number of methoxy groups -OCH3 is 1. The summed E-state index contributed by atoms with van der Waals surface area (Å²) in [6, 6.07) is 10.7. The van der Waals surface area contributed by atoms with Gasteiger partial charge in [0, 0.05) is 10.5 Å². The number of halogens is 1. The predicted molar refractivity (Wildman–Crippen MR) is 85.8 cm³/mol. The Morgan fingerprint density at radius 2 is 2.14 bits per heavy atom. The number of oxazole rings is 1. The average Bonchev–Trinajstić information content (AvgIpc) is 3.12. The molecule has 4 rings (SSSR count). The summed E-state index contributed by atoms with van der Waals surface area (Å²) in [4.78, 5) is 4.31. The molecule has 22 heavy (non-hydrogen) atoms. The zero-order chi connectivity index (χ0) is 15.3. The summed E-state index contributed by atoms with van der Waals surface area (Å²) in [6.07, 6.45) is 0. The number of thioether (sulfide) groups is 1. The lowest BCUT2D eigenvalue weighted by atomic mass is 10.00. The van der Waals surface area contributed by atoms with Crippen LogP contribution in [0, 0.1) is 5.82 Å². The number of ether oxygens (including phenoxy) is 1. The number of hydrogen-bond donors (Lipinski definition) is 0. The molecule has 3 aromatic rings. The highest BCUT2D eigenvalue weighted by Crippen LogP contribution is 2.54. The van der Waals surface area contributed by atoms with Gasteiger partial charge < -0.3 is 9.15 Å². The van der Waals surface area contributed by atoms with Gasteiger partial charge in [-0.3, -0.25) is 0 Å². The van der Waals surface area contributed by atoms with Gasteiger partial charge in [0.25, 0.3) is 0 Å². The van der Waals surface area contributed by atoms with E-state index in [-0.39, 0.29) is 16.1 Å². The van der Waals surface area contributed by atoms with E-state index in [0.717, 1.165) is 11.3 Å². The summed E-state index contributed by atoms with van der Waals surface area (Å²) in [7, 11) is 1.61.